The third kappa shape index (κ3) is 2.74. The van der Waals surface area contributed by atoms with E-state index in [-0.39, 0.29) is 12.0 Å². The lowest BCUT2D eigenvalue weighted by Gasteiger charge is -2.17. The highest BCUT2D eigenvalue weighted by Gasteiger charge is 2.69. The average molecular weight is 363 g/mol. The summed E-state index contributed by atoms with van der Waals surface area (Å²) in [5, 5.41) is 0. The minimum atomic E-state index is -0.841. The molecule has 0 radical (unpaired) electrons. The van der Waals surface area contributed by atoms with E-state index in [1.165, 1.54) is 19.3 Å². The molecule has 2 atom stereocenters. The van der Waals surface area contributed by atoms with E-state index in [1.807, 2.05) is 47.4 Å². The van der Waals surface area contributed by atoms with Gasteiger partial charge in [0.05, 0.1) is 12.3 Å². The number of ether oxygens (including phenoxy) is 2. The number of rotatable bonds is 0. The Balaban J connectivity index is 1.52. The molecule has 0 saturated carbocycles. The van der Waals surface area contributed by atoms with Gasteiger partial charge in [-0.2, -0.15) is 0 Å². The molecule has 3 aliphatic rings. The first-order chi connectivity index (χ1) is 13.3. The highest BCUT2D eigenvalue weighted by atomic mass is 16.6. The van der Waals surface area contributed by atoms with E-state index in [0.717, 1.165) is 55.0 Å². The molecule has 1 saturated heterocycles. The van der Waals surface area contributed by atoms with Crippen LogP contribution in [0.3, 0.4) is 0 Å². The normalized spacial score (nSPS) is 27.5. The van der Waals surface area contributed by atoms with Gasteiger partial charge in [-0.05, 0) is 36.6 Å². The molecule has 27 heavy (non-hydrogen) atoms. The van der Waals surface area contributed by atoms with Gasteiger partial charge < -0.3 is 14.4 Å². The standard InChI is InChI=1S/C23H25NO3/c25-22-23-19-12-5-6-13-20(19)24(22)14-7-3-1-2-4-8-15-26-18-11-9-10-17(16-18)21(23)27-23/h5-6,9-13,16,21H,1-4,7-8,14-15H2/t21-,23-/m0/s1. The van der Waals surface area contributed by atoms with Gasteiger partial charge in [0.15, 0.2) is 0 Å². The van der Waals surface area contributed by atoms with Gasteiger partial charge in [0.2, 0.25) is 5.60 Å². The van der Waals surface area contributed by atoms with E-state index in [4.69, 9.17) is 9.47 Å². The van der Waals surface area contributed by atoms with Crippen molar-refractivity contribution in [3.63, 3.8) is 0 Å². The first-order valence-electron chi connectivity index (χ1n) is 10.1. The third-order valence-corrected chi connectivity index (χ3v) is 5.98. The summed E-state index contributed by atoms with van der Waals surface area (Å²) in [6, 6.07) is 16.1. The second-order valence-corrected chi connectivity index (χ2v) is 7.75. The van der Waals surface area contributed by atoms with Gasteiger partial charge in [-0.3, -0.25) is 4.79 Å². The Morgan fingerprint density at radius 2 is 1.74 bits per heavy atom. The van der Waals surface area contributed by atoms with Crippen LogP contribution in [0.5, 0.6) is 5.75 Å². The van der Waals surface area contributed by atoms with Gasteiger partial charge in [-0.1, -0.05) is 56.0 Å². The first kappa shape index (κ1) is 16.8. The monoisotopic (exact) mass is 363 g/mol. The molecule has 0 aromatic heterocycles. The van der Waals surface area contributed by atoms with Crippen LogP contribution in [0.15, 0.2) is 48.5 Å². The predicted molar refractivity (Wildman–Crippen MR) is 104 cm³/mol. The maximum atomic E-state index is 13.4. The molecule has 4 nitrogen and oxygen atoms in total. The predicted octanol–water partition coefficient (Wildman–Crippen LogP) is 4.73. The van der Waals surface area contributed by atoms with Gasteiger partial charge in [0.25, 0.3) is 5.91 Å². The van der Waals surface area contributed by atoms with Crippen LogP contribution in [0.2, 0.25) is 0 Å². The third-order valence-electron chi connectivity index (χ3n) is 5.98. The lowest BCUT2D eigenvalue weighted by atomic mass is 9.93. The molecule has 2 aromatic carbocycles. The van der Waals surface area contributed by atoms with Crippen LogP contribution >= 0.6 is 0 Å². The molecule has 4 heteroatoms. The molecule has 0 aliphatic carbocycles. The number of fused-ring (bicyclic) bond motifs is 6. The Kier molecular flexibility index (Phi) is 4.16. The van der Waals surface area contributed by atoms with Crippen molar-refractivity contribution in [3.8, 4) is 5.75 Å². The van der Waals surface area contributed by atoms with Gasteiger partial charge in [0.1, 0.15) is 11.9 Å². The fourth-order valence-electron chi connectivity index (χ4n) is 4.53. The molecule has 4 bridgehead atoms. The van der Waals surface area contributed by atoms with Crippen LogP contribution in [-0.4, -0.2) is 19.1 Å². The highest BCUT2D eigenvalue weighted by molar-refractivity contribution is 6.09. The number of hydrogen-bond acceptors (Lipinski definition) is 3. The molecular weight excluding hydrogens is 338 g/mol. The second-order valence-electron chi connectivity index (χ2n) is 7.75. The van der Waals surface area contributed by atoms with Crippen molar-refractivity contribution in [1.82, 2.24) is 0 Å². The van der Waals surface area contributed by atoms with Crippen molar-refractivity contribution in [2.24, 2.45) is 0 Å². The lowest BCUT2D eigenvalue weighted by Crippen LogP contribution is -2.34. The summed E-state index contributed by atoms with van der Waals surface area (Å²) in [6.07, 6.45) is 6.68. The molecular formula is C23H25NO3. The molecule has 2 aromatic rings. The summed E-state index contributed by atoms with van der Waals surface area (Å²) in [5.74, 6) is 0.952. The van der Waals surface area contributed by atoms with E-state index >= 15 is 0 Å². The average Bonchev–Trinajstić information content (AvgIpc) is 3.41. The summed E-state index contributed by atoms with van der Waals surface area (Å²) < 4.78 is 12.1. The SMILES string of the molecule is O=C1N2CCCCCCCCOc3cccc(c3)[C@@H]3O[C@]13c1ccccc12. The quantitative estimate of drug-likeness (QED) is 0.635. The van der Waals surface area contributed by atoms with Crippen molar-refractivity contribution >= 4 is 11.6 Å². The van der Waals surface area contributed by atoms with Crippen LogP contribution in [0.25, 0.3) is 0 Å². The fraction of sp³-hybridized carbons (Fsp3) is 0.435. The first-order valence-corrected chi connectivity index (χ1v) is 10.1. The zero-order valence-corrected chi connectivity index (χ0v) is 15.5. The second kappa shape index (κ2) is 6.68. The molecule has 1 amide bonds. The number of benzene rings is 2. The number of epoxide rings is 1. The maximum Gasteiger partial charge on any atom is 0.267 e. The topological polar surface area (TPSA) is 42.1 Å². The Bertz CT molecular complexity index is 864. The minimum absolute atomic E-state index is 0.0899. The zero-order chi connectivity index (χ0) is 18.3. The van der Waals surface area contributed by atoms with Crippen LogP contribution in [0.4, 0.5) is 5.69 Å². The van der Waals surface area contributed by atoms with Crippen molar-refractivity contribution in [1.29, 1.82) is 0 Å². The molecule has 5 rings (SSSR count). The van der Waals surface area contributed by atoms with Gasteiger partial charge >= 0.3 is 0 Å². The Morgan fingerprint density at radius 3 is 2.67 bits per heavy atom. The molecule has 140 valence electrons. The summed E-state index contributed by atoms with van der Waals surface area (Å²) >= 11 is 0. The van der Waals surface area contributed by atoms with Gasteiger partial charge in [-0.25, -0.2) is 0 Å². The van der Waals surface area contributed by atoms with Gasteiger partial charge in [0, 0.05) is 12.1 Å². The number of hydrogen-bond donors (Lipinski definition) is 0. The Labute approximate surface area is 160 Å². The number of carbonyl (C=O) groups is 1. The number of nitrogens with zero attached hydrogens (tertiary/aromatic N) is 1. The fourth-order valence-corrected chi connectivity index (χ4v) is 4.53. The Hall–Kier alpha value is -2.33. The number of para-hydroxylation sites is 1. The zero-order valence-electron chi connectivity index (χ0n) is 15.5. The van der Waals surface area contributed by atoms with Crippen LogP contribution in [0, 0.1) is 0 Å². The highest BCUT2D eigenvalue weighted by Crippen LogP contribution is 2.63. The van der Waals surface area contributed by atoms with Crippen LogP contribution in [-0.2, 0) is 15.1 Å². The number of amides is 1. The summed E-state index contributed by atoms with van der Waals surface area (Å²) in [4.78, 5) is 15.3. The van der Waals surface area contributed by atoms with Crippen molar-refractivity contribution in [2.45, 2.75) is 50.2 Å². The number of carbonyl (C=O) groups excluding carboxylic acids is 1. The summed E-state index contributed by atoms with van der Waals surface area (Å²) in [7, 11) is 0. The molecule has 3 heterocycles. The van der Waals surface area contributed by atoms with E-state index in [1.54, 1.807) is 0 Å². The maximum absolute atomic E-state index is 13.4. The summed E-state index contributed by atoms with van der Waals surface area (Å²) in [6.45, 7) is 1.52. The van der Waals surface area contributed by atoms with Crippen LogP contribution in [0.1, 0.15) is 55.8 Å². The van der Waals surface area contributed by atoms with Gasteiger partial charge in [-0.15, -0.1) is 0 Å². The van der Waals surface area contributed by atoms with Crippen molar-refractivity contribution in [2.75, 3.05) is 18.1 Å². The number of anilines is 1. The van der Waals surface area contributed by atoms with E-state index in [2.05, 4.69) is 6.07 Å². The van der Waals surface area contributed by atoms with E-state index < -0.39 is 5.60 Å². The van der Waals surface area contributed by atoms with E-state index in [9.17, 15) is 4.79 Å². The lowest BCUT2D eigenvalue weighted by molar-refractivity contribution is -0.123. The largest absolute Gasteiger partial charge is 0.494 e. The minimum Gasteiger partial charge on any atom is -0.494 e. The molecule has 0 N–H and O–H groups in total. The van der Waals surface area contributed by atoms with E-state index in [0.29, 0.717) is 0 Å². The molecule has 3 aliphatic heterocycles. The molecule has 0 unspecified atom stereocenters. The summed E-state index contributed by atoms with van der Waals surface area (Å²) in [5.41, 5.74) is 2.20. The molecule has 1 fully saturated rings. The van der Waals surface area contributed by atoms with Crippen molar-refractivity contribution < 1.29 is 14.3 Å². The van der Waals surface area contributed by atoms with Crippen LogP contribution < -0.4 is 9.64 Å². The van der Waals surface area contributed by atoms with Crippen molar-refractivity contribution in [3.05, 3.63) is 59.7 Å². The molecule has 1 spiro atoms. The smallest absolute Gasteiger partial charge is 0.267 e. The Morgan fingerprint density at radius 1 is 0.926 bits per heavy atom.